The van der Waals surface area contributed by atoms with E-state index in [1.807, 2.05) is 12.1 Å². The Morgan fingerprint density at radius 3 is 1.62 bits per heavy atom. The van der Waals surface area contributed by atoms with E-state index in [1.165, 1.54) is 5.56 Å². The molecule has 0 amide bonds. The Morgan fingerprint density at radius 1 is 0.923 bits per heavy atom. The third-order valence-electron chi connectivity index (χ3n) is 1.86. The number of hydrogen-bond donors (Lipinski definition) is 0. The monoisotopic (exact) mass is 304 g/mol. The van der Waals surface area contributed by atoms with Crippen LogP contribution < -0.4 is 0 Å². The Kier molecular flexibility index (Phi) is 6.21. The summed E-state index contributed by atoms with van der Waals surface area (Å²) < 4.78 is 0. The van der Waals surface area contributed by atoms with Gasteiger partial charge in [0.2, 0.25) is 0 Å². The van der Waals surface area contributed by atoms with Crippen LogP contribution in [0.25, 0.3) is 0 Å². The zero-order valence-electron chi connectivity index (χ0n) is 7.57. The number of halogens is 2. The van der Waals surface area contributed by atoms with Crippen molar-refractivity contribution in [1.82, 2.24) is 0 Å². The summed E-state index contributed by atoms with van der Waals surface area (Å²) in [5.41, 5.74) is 2.27. The molecule has 13 heavy (non-hydrogen) atoms. The molecule has 0 radical (unpaired) electrons. The van der Waals surface area contributed by atoms with Crippen LogP contribution in [0.2, 0.25) is 0 Å². The Morgan fingerprint density at radius 2 is 1.31 bits per heavy atom. The van der Waals surface area contributed by atoms with Gasteiger partial charge in [-0.2, -0.15) is 0 Å². The molecule has 0 nitrogen and oxygen atoms in total. The second kappa shape index (κ2) is 6.01. The average molecular weight is 304 g/mol. The largest absolute Gasteiger partial charge is 2.00 e. The van der Waals surface area contributed by atoms with Crippen LogP contribution in [0.15, 0.2) is 24.3 Å². The van der Waals surface area contributed by atoms with Crippen molar-refractivity contribution in [2.75, 3.05) is 0 Å². The predicted molar refractivity (Wildman–Crippen MR) is 55.0 cm³/mol. The summed E-state index contributed by atoms with van der Waals surface area (Å²) in [4.78, 5) is -0.411. The van der Waals surface area contributed by atoms with Gasteiger partial charge in [0.1, 0.15) is 4.84 Å². The SMILES string of the molecule is CC(C)c1ccc(C(Cl)Cl)cc1.[Ru+2]. The van der Waals surface area contributed by atoms with E-state index in [-0.39, 0.29) is 19.5 Å². The molecule has 0 fully saturated rings. The first-order valence-corrected chi connectivity index (χ1v) is 4.86. The van der Waals surface area contributed by atoms with Crippen molar-refractivity contribution < 1.29 is 19.5 Å². The molecule has 0 saturated heterocycles. The van der Waals surface area contributed by atoms with Gasteiger partial charge in [0.05, 0.1) is 0 Å². The first-order chi connectivity index (χ1) is 5.61. The molecule has 1 rings (SSSR count). The van der Waals surface area contributed by atoms with E-state index in [2.05, 4.69) is 26.0 Å². The molecular formula is C10H12Cl2Ru+2. The molecule has 0 aliphatic heterocycles. The van der Waals surface area contributed by atoms with E-state index in [0.717, 1.165) is 5.56 Å². The molecule has 0 atom stereocenters. The standard InChI is InChI=1S/C10H12Cl2.Ru/c1-7(2)8-3-5-9(6-4-8)10(11)12;/h3-7,10H,1-2H3;/q;+2. The molecule has 0 bridgehead atoms. The molecule has 0 N–H and O–H groups in total. The quantitative estimate of drug-likeness (QED) is 0.565. The first-order valence-electron chi connectivity index (χ1n) is 3.99. The van der Waals surface area contributed by atoms with Crippen LogP contribution >= 0.6 is 23.2 Å². The molecule has 0 spiro atoms. The molecule has 0 heterocycles. The number of alkyl halides is 2. The van der Waals surface area contributed by atoms with Crippen molar-refractivity contribution in [3.05, 3.63) is 35.4 Å². The van der Waals surface area contributed by atoms with Crippen LogP contribution in [0.5, 0.6) is 0 Å². The van der Waals surface area contributed by atoms with Gasteiger partial charge < -0.3 is 0 Å². The maximum absolute atomic E-state index is 5.70. The van der Waals surface area contributed by atoms with Crippen LogP contribution in [0.1, 0.15) is 35.7 Å². The predicted octanol–water partition coefficient (Wildman–Crippen LogP) is 4.28. The molecular weight excluding hydrogens is 292 g/mol. The summed E-state index contributed by atoms with van der Waals surface area (Å²) in [7, 11) is 0. The van der Waals surface area contributed by atoms with E-state index in [0.29, 0.717) is 5.92 Å². The van der Waals surface area contributed by atoms with Crippen LogP contribution in [0.3, 0.4) is 0 Å². The van der Waals surface area contributed by atoms with E-state index in [1.54, 1.807) is 0 Å². The van der Waals surface area contributed by atoms with E-state index >= 15 is 0 Å². The third kappa shape index (κ3) is 3.98. The maximum Gasteiger partial charge on any atom is 2.00 e. The molecule has 72 valence electrons. The fourth-order valence-corrected chi connectivity index (χ4v) is 1.32. The van der Waals surface area contributed by atoms with Crippen LogP contribution in [0.4, 0.5) is 0 Å². The van der Waals surface area contributed by atoms with Crippen molar-refractivity contribution in [2.24, 2.45) is 0 Å². The van der Waals surface area contributed by atoms with E-state index < -0.39 is 4.84 Å². The van der Waals surface area contributed by atoms with Crippen LogP contribution in [0, 0.1) is 0 Å². The summed E-state index contributed by atoms with van der Waals surface area (Å²) in [5, 5.41) is 0. The van der Waals surface area contributed by atoms with Gasteiger partial charge in [0, 0.05) is 0 Å². The number of hydrogen-bond acceptors (Lipinski definition) is 0. The summed E-state index contributed by atoms with van der Waals surface area (Å²) in [6, 6.07) is 8.08. The van der Waals surface area contributed by atoms with Crippen molar-refractivity contribution in [3.63, 3.8) is 0 Å². The van der Waals surface area contributed by atoms with Gasteiger partial charge in [-0.05, 0) is 17.0 Å². The zero-order valence-corrected chi connectivity index (χ0v) is 10.8. The third-order valence-corrected chi connectivity index (χ3v) is 2.36. The van der Waals surface area contributed by atoms with Gasteiger partial charge >= 0.3 is 19.5 Å². The second-order valence-corrected chi connectivity index (χ2v) is 4.22. The number of benzene rings is 1. The molecule has 0 saturated carbocycles. The molecule has 1 aromatic rings. The fraction of sp³-hybridized carbons (Fsp3) is 0.400. The van der Waals surface area contributed by atoms with Gasteiger partial charge in [0.15, 0.2) is 0 Å². The molecule has 0 aliphatic carbocycles. The molecule has 0 aliphatic rings. The van der Waals surface area contributed by atoms with Crippen LogP contribution in [-0.2, 0) is 19.5 Å². The molecule has 1 aromatic carbocycles. The van der Waals surface area contributed by atoms with Crippen molar-refractivity contribution in [1.29, 1.82) is 0 Å². The van der Waals surface area contributed by atoms with Gasteiger partial charge in [-0.15, -0.1) is 23.2 Å². The van der Waals surface area contributed by atoms with Gasteiger partial charge in [-0.1, -0.05) is 38.1 Å². The Labute approximate surface area is 102 Å². The van der Waals surface area contributed by atoms with E-state index in [9.17, 15) is 0 Å². The normalized spacial score (nSPS) is 10.3. The second-order valence-electron chi connectivity index (χ2n) is 3.12. The van der Waals surface area contributed by atoms with E-state index in [4.69, 9.17) is 23.2 Å². The minimum Gasteiger partial charge on any atom is -0.100 e. The van der Waals surface area contributed by atoms with Gasteiger partial charge in [-0.3, -0.25) is 0 Å². The molecule has 3 heteroatoms. The van der Waals surface area contributed by atoms with Crippen molar-refractivity contribution in [2.45, 2.75) is 24.6 Å². The summed E-state index contributed by atoms with van der Waals surface area (Å²) in [5.74, 6) is 0.558. The smallest absolute Gasteiger partial charge is 0.100 e. The Hall–Kier alpha value is 0.423. The summed E-state index contributed by atoms with van der Waals surface area (Å²) >= 11 is 11.4. The topological polar surface area (TPSA) is 0 Å². The Balaban J connectivity index is 0.00000144. The Bertz CT molecular complexity index is 215. The zero-order chi connectivity index (χ0) is 9.14. The fourth-order valence-electron chi connectivity index (χ4n) is 1.03. The summed E-state index contributed by atoms with van der Waals surface area (Å²) in [6.45, 7) is 4.32. The van der Waals surface area contributed by atoms with Crippen LogP contribution in [-0.4, -0.2) is 0 Å². The molecule has 0 unspecified atom stereocenters. The summed E-state index contributed by atoms with van der Waals surface area (Å²) in [6.07, 6.45) is 0. The average Bonchev–Trinajstić information content (AvgIpc) is 2.04. The maximum atomic E-state index is 5.70. The van der Waals surface area contributed by atoms with Crippen molar-refractivity contribution in [3.8, 4) is 0 Å². The molecule has 0 aromatic heterocycles. The van der Waals surface area contributed by atoms with Gasteiger partial charge in [0.25, 0.3) is 0 Å². The number of rotatable bonds is 2. The minimum absolute atomic E-state index is 0. The first kappa shape index (κ1) is 13.4. The minimum atomic E-state index is -0.411. The van der Waals surface area contributed by atoms with Crippen molar-refractivity contribution >= 4 is 23.2 Å². The van der Waals surface area contributed by atoms with Gasteiger partial charge in [-0.25, -0.2) is 0 Å².